The van der Waals surface area contributed by atoms with E-state index in [2.05, 4.69) is 15.2 Å². The molecule has 0 fully saturated rings. The highest BCUT2D eigenvalue weighted by atomic mass is 32.1. The highest BCUT2D eigenvalue weighted by Gasteiger charge is 2.22. The van der Waals surface area contributed by atoms with Gasteiger partial charge < -0.3 is 4.74 Å². The van der Waals surface area contributed by atoms with E-state index < -0.39 is 11.8 Å². The van der Waals surface area contributed by atoms with Gasteiger partial charge in [0.2, 0.25) is 11.8 Å². The normalized spacial score (nSPS) is 10.6. The number of anilines is 1. The van der Waals surface area contributed by atoms with Gasteiger partial charge in [0, 0.05) is 19.2 Å². The second-order valence-corrected chi connectivity index (χ2v) is 6.47. The molecule has 0 spiro atoms. The van der Waals surface area contributed by atoms with E-state index in [1.165, 1.54) is 25.2 Å². The molecule has 0 aliphatic rings. The number of H-pyrrole nitrogens is 1. The minimum atomic E-state index is -0.401. The van der Waals surface area contributed by atoms with Crippen LogP contribution < -0.4 is 9.64 Å². The molecule has 0 aliphatic heterocycles. The van der Waals surface area contributed by atoms with Crippen LogP contribution in [0.4, 0.5) is 5.13 Å². The van der Waals surface area contributed by atoms with E-state index in [9.17, 15) is 9.59 Å². The number of carbonyl (C=O) groups excluding carboxylic acids is 2. The molecule has 2 heterocycles. The molecule has 0 saturated heterocycles. The molecule has 8 nitrogen and oxygen atoms in total. The molecular weight excluding hydrogens is 374 g/mol. The van der Waals surface area contributed by atoms with Crippen LogP contribution in [0.15, 0.2) is 29.6 Å². The minimum absolute atomic E-state index is 0.278. The van der Waals surface area contributed by atoms with Gasteiger partial charge in [-0.1, -0.05) is 12.1 Å². The van der Waals surface area contributed by atoms with Crippen LogP contribution >= 0.6 is 23.6 Å². The zero-order valence-electron chi connectivity index (χ0n) is 14.2. The summed E-state index contributed by atoms with van der Waals surface area (Å²) < 4.78 is 7.46. The fourth-order valence-electron chi connectivity index (χ4n) is 2.47. The average Bonchev–Trinajstić information content (AvgIpc) is 3.21. The fraction of sp³-hybridized carbons (Fsp3) is 0.188. The highest BCUT2D eigenvalue weighted by molar-refractivity contribution is 7.71. The number of hydrogen-bond acceptors (Lipinski definition) is 7. The number of amides is 2. The molecule has 3 rings (SSSR count). The minimum Gasteiger partial charge on any atom is -0.495 e. The molecule has 0 saturated carbocycles. The van der Waals surface area contributed by atoms with Crippen molar-refractivity contribution in [2.24, 2.45) is 0 Å². The quantitative estimate of drug-likeness (QED) is 0.690. The lowest BCUT2D eigenvalue weighted by Gasteiger charge is -2.12. The Balaban J connectivity index is 2.12. The number of benzene rings is 1. The maximum atomic E-state index is 11.7. The van der Waals surface area contributed by atoms with Crippen molar-refractivity contribution < 1.29 is 14.3 Å². The van der Waals surface area contributed by atoms with E-state index in [0.717, 1.165) is 4.90 Å². The molecule has 0 unspecified atom stereocenters. The van der Waals surface area contributed by atoms with Crippen molar-refractivity contribution in [3.05, 3.63) is 34.4 Å². The third kappa shape index (κ3) is 3.16. The van der Waals surface area contributed by atoms with Crippen LogP contribution in [0.25, 0.3) is 17.2 Å². The Morgan fingerprint density at radius 3 is 2.62 bits per heavy atom. The topological polar surface area (TPSA) is 93.1 Å². The monoisotopic (exact) mass is 389 g/mol. The number of para-hydroxylation sites is 2. The molecular formula is C16H15N5O3S2. The lowest BCUT2D eigenvalue weighted by molar-refractivity contribution is -0.124. The summed E-state index contributed by atoms with van der Waals surface area (Å²) >= 11 is 6.52. The van der Waals surface area contributed by atoms with E-state index in [4.69, 9.17) is 17.0 Å². The molecule has 134 valence electrons. The molecule has 2 aromatic heterocycles. The van der Waals surface area contributed by atoms with Crippen molar-refractivity contribution in [1.29, 1.82) is 0 Å². The summed E-state index contributed by atoms with van der Waals surface area (Å²) in [4.78, 5) is 28.8. The Kier molecular flexibility index (Phi) is 4.96. The van der Waals surface area contributed by atoms with E-state index in [1.807, 2.05) is 24.3 Å². The van der Waals surface area contributed by atoms with Gasteiger partial charge in [0.25, 0.3) is 0 Å². The molecule has 10 heteroatoms. The van der Waals surface area contributed by atoms with Crippen LogP contribution in [0, 0.1) is 4.77 Å². The molecule has 0 atom stereocenters. The van der Waals surface area contributed by atoms with Crippen molar-refractivity contribution >= 4 is 40.5 Å². The van der Waals surface area contributed by atoms with Crippen molar-refractivity contribution in [1.82, 2.24) is 19.7 Å². The van der Waals surface area contributed by atoms with E-state index in [1.54, 1.807) is 17.1 Å². The lowest BCUT2D eigenvalue weighted by atomic mass is 10.3. The zero-order valence-corrected chi connectivity index (χ0v) is 15.8. The summed E-state index contributed by atoms with van der Waals surface area (Å²) in [5.41, 5.74) is 1.18. The van der Waals surface area contributed by atoms with Crippen molar-refractivity contribution in [3.8, 4) is 23.0 Å². The van der Waals surface area contributed by atoms with Crippen LogP contribution in [0.2, 0.25) is 0 Å². The van der Waals surface area contributed by atoms with Gasteiger partial charge in [-0.3, -0.25) is 19.3 Å². The van der Waals surface area contributed by atoms with Gasteiger partial charge in [0.1, 0.15) is 11.4 Å². The summed E-state index contributed by atoms with van der Waals surface area (Å²) in [6, 6.07) is 7.37. The van der Waals surface area contributed by atoms with Crippen LogP contribution in [0.5, 0.6) is 5.75 Å². The smallest absolute Gasteiger partial charge is 0.232 e. The van der Waals surface area contributed by atoms with E-state index >= 15 is 0 Å². The summed E-state index contributed by atoms with van der Waals surface area (Å²) in [5.74, 6) is 0.272. The standard InChI is InChI=1S/C16H15N5O3S2/c1-9(22)20(10(2)23)16-17-11(8-26-16)14-18-19-15(25)21(14)12-6-4-5-7-13(12)24-3/h4-8H,1-3H3,(H,19,25). The number of thiazole rings is 1. The molecule has 3 aromatic rings. The second-order valence-electron chi connectivity index (χ2n) is 5.25. The predicted octanol–water partition coefficient (Wildman–Crippen LogP) is 2.96. The third-order valence-electron chi connectivity index (χ3n) is 3.54. The first kappa shape index (κ1) is 18.0. The molecule has 26 heavy (non-hydrogen) atoms. The molecule has 2 amide bonds. The Hall–Kier alpha value is -2.85. The Morgan fingerprint density at radius 2 is 1.96 bits per heavy atom. The Labute approximate surface area is 158 Å². The average molecular weight is 389 g/mol. The number of aromatic amines is 1. The summed E-state index contributed by atoms with van der Waals surface area (Å²) in [6.07, 6.45) is 0. The van der Waals surface area contributed by atoms with Gasteiger partial charge in [0.15, 0.2) is 15.7 Å². The molecule has 0 radical (unpaired) electrons. The van der Waals surface area contributed by atoms with Gasteiger partial charge in [-0.05, 0) is 24.4 Å². The fourth-order valence-corrected chi connectivity index (χ4v) is 3.59. The van der Waals surface area contributed by atoms with E-state index in [0.29, 0.717) is 27.7 Å². The summed E-state index contributed by atoms with van der Waals surface area (Å²) in [7, 11) is 1.57. The van der Waals surface area contributed by atoms with Crippen LogP contribution in [0.1, 0.15) is 13.8 Å². The molecule has 1 aromatic carbocycles. The number of hydrogen-bond donors (Lipinski definition) is 1. The number of nitrogens with zero attached hydrogens (tertiary/aromatic N) is 4. The second kappa shape index (κ2) is 7.18. The first-order valence-corrected chi connectivity index (χ1v) is 8.80. The van der Waals surface area contributed by atoms with Gasteiger partial charge in [-0.25, -0.2) is 9.88 Å². The largest absolute Gasteiger partial charge is 0.495 e. The molecule has 1 N–H and O–H groups in total. The number of ether oxygens (including phenoxy) is 1. The van der Waals surface area contributed by atoms with Gasteiger partial charge in [-0.2, -0.15) is 5.10 Å². The van der Waals surface area contributed by atoms with Gasteiger partial charge >= 0.3 is 0 Å². The summed E-state index contributed by atoms with van der Waals surface area (Å²) in [6.45, 7) is 2.63. The number of rotatable bonds is 4. The Morgan fingerprint density at radius 1 is 1.27 bits per heavy atom. The first-order valence-electron chi connectivity index (χ1n) is 7.52. The predicted molar refractivity (Wildman–Crippen MR) is 100 cm³/mol. The number of imide groups is 1. The van der Waals surface area contributed by atoms with Gasteiger partial charge in [-0.15, -0.1) is 11.3 Å². The number of methoxy groups -OCH3 is 1. The van der Waals surface area contributed by atoms with E-state index in [-0.39, 0.29) is 5.13 Å². The van der Waals surface area contributed by atoms with Crippen molar-refractivity contribution in [2.75, 3.05) is 12.0 Å². The maximum Gasteiger partial charge on any atom is 0.232 e. The van der Waals surface area contributed by atoms with Crippen molar-refractivity contribution in [3.63, 3.8) is 0 Å². The highest BCUT2D eigenvalue weighted by Crippen LogP contribution is 2.31. The van der Waals surface area contributed by atoms with Crippen LogP contribution in [0.3, 0.4) is 0 Å². The van der Waals surface area contributed by atoms with Crippen LogP contribution in [-0.4, -0.2) is 38.7 Å². The number of aromatic nitrogens is 4. The third-order valence-corrected chi connectivity index (χ3v) is 4.64. The molecule has 0 bridgehead atoms. The first-order chi connectivity index (χ1) is 12.4. The number of carbonyl (C=O) groups is 2. The lowest BCUT2D eigenvalue weighted by Crippen LogP contribution is -2.32. The van der Waals surface area contributed by atoms with Gasteiger partial charge in [0.05, 0.1) is 12.8 Å². The Bertz CT molecular complexity index is 1020. The van der Waals surface area contributed by atoms with Crippen molar-refractivity contribution in [2.45, 2.75) is 13.8 Å². The summed E-state index contributed by atoms with van der Waals surface area (Å²) in [5, 5.41) is 8.98. The number of nitrogens with one attached hydrogen (secondary N) is 1. The molecule has 0 aliphatic carbocycles. The van der Waals surface area contributed by atoms with Crippen LogP contribution in [-0.2, 0) is 9.59 Å². The maximum absolute atomic E-state index is 11.7. The zero-order chi connectivity index (χ0) is 18.8. The SMILES string of the molecule is COc1ccccc1-n1c(-c2csc(N(C(C)=O)C(C)=O)n2)n[nH]c1=S.